The summed E-state index contributed by atoms with van der Waals surface area (Å²) in [4.78, 5) is 4.62. The molecule has 0 saturated carbocycles. The Balaban J connectivity index is 0.000000139. The topological polar surface area (TPSA) is 68.9 Å². The fourth-order valence-corrected chi connectivity index (χ4v) is 15.2. The summed E-state index contributed by atoms with van der Waals surface area (Å²) in [5, 5.41) is 8.69. The second-order valence-electron chi connectivity index (χ2n) is 26.1. The van der Waals surface area contributed by atoms with Crippen LogP contribution in [0.25, 0.3) is 155 Å². The van der Waals surface area contributed by atoms with Crippen molar-refractivity contribution in [2.75, 3.05) is 9.80 Å². The number of benzene rings is 15. The number of furan rings is 4. The summed E-state index contributed by atoms with van der Waals surface area (Å²) in [6.07, 6.45) is 0. The van der Waals surface area contributed by atoms with Crippen LogP contribution in [0.5, 0.6) is 0 Å². The standard InChI is InChI=1S/C50H31FN2O2.C44H28N2O2/c51-36-20-26-40(27-21-36)53-45-12-6-4-10-41(45)44-30-34(19-29-46(44)53)32-14-22-38(23-15-32)52(37-8-2-1-3-9-37)39-24-16-33(17-25-39)35-18-28-43-48(31-35)55-49-42-11-5-7-13-47(42)54-50(43)49;1-3-13-31(14-4-1)45(34-23-25-40-38(28-34)35-18-7-9-20-39(35)46(40)32-15-5-2-6-16-32)33-17-11-12-29(26-33)30-22-24-37-42(27-30)48-43-36-19-8-10-21-41(36)47-44(37)43/h1-31H;1-28H. The Labute approximate surface area is 590 Å². The summed E-state index contributed by atoms with van der Waals surface area (Å²) in [7, 11) is 0. The van der Waals surface area contributed by atoms with Gasteiger partial charge in [0.2, 0.25) is 0 Å². The fraction of sp³-hybridized carbons (Fsp3) is 0. The Morgan fingerprint density at radius 1 is 0.204 bits per heavy atom. The largest absolute Gasteiger partial charge is 0.452 e. The van der Waals surface area contributed by atoms with Crippen molar-refractivity contribution in [3.8, 4) is 44.8 Å². The van der Waals surface area contributed by atoms with Crippen LogP contribution in [-0.2, 0) is 0 Å². The summed E-state index contributed by atoms with van der Waals surface area (Å²) in [5.74, 6) is -0.243. The van der Waals surface area contributed by atoms with Crippen molar-refractivity contribution >= 4 is 144 Å². The molecule has 6 aromatic heterocycles. The highest BCUT2D eigenvalue weighted by Gasteiger charge is 2.23. The minimum Gasteiger partial charge on any atom is -0.452 e. The van der Waals surface area contributed by atoms with Crippen LogP contribution in [-0.4, -0.2) is 9.13 Å². The smallest absolute Gasteiger partial charge is 0.181 e. The molecule has 0 saturated heterocycles. The van der Waals surface area contributed by atoms with Gasteiger partial charge in [0.1, 0.15) is 28.1 Å². The quantitative estimate of drug-likeness (QED) is 0.129. The minimum atomic E-state index is -0.243. The average Bonchev–Trinajstić information content (AvgIpc) is 1.63. The second kappa shape index (κ2) is 24.2. The molecule has 9 heteroatoms. The Morgan fingerprint density at radius 3 is 1.09 bits per heavy atom. The van der Waals surface area contributed by atoms with Crippen molar-refractivity contribution in [3.05, 3.63) is 364 Å². The maximum Gasteiger partial charge on any atom is 0.181 e. The summed E-state index contributed by atoms with van der Waals surface area (Å²) in [6, 6.07) is 124. The van der Waals surface area contributed by atoms with Crippen LogP contribution in [0, 0.1) is 5.82 Å². The molecular formula is C94H59FN4O4. The van der Waals surface area contributed by atoms with Crippen molar-refractivity contribution in [2.24, 2.45) is 0 Å². The van der Waals surface area contributed by atoms with Gasteiger partial charge >= 0.3 is 0 Å². The number of nitrogens with zero attached hydrogens (tertiary/aromatic N) is 4. The minimum absolute atomic E-state index is 0.243. The number of hydrogen-bond donors (Lipinski definition) is 0. The van der Waals surface area contributed by atoms with Crippen molar-refractivity contribution < 1.29 is 22.1 Å². The van der Waals surface area contributed by atoms with E-state index in [1.165, 1.54) is 33.9 Å². The van der Waals surface area contributed by atoms with E-state index in [9.17, 15) is 4.39 Å². The van der Waals surface area contributed by atoms with Crippen LogP contribution in [0.2, 0.25) is 0 Å². The first kappa shape index (κ1) is 59.2. The molecule has 0 bridgehead atoms. The normalized spacial score (nSPS) is 11.7. The molecule has 0 N–H and O–H groups in total. The van der Waals surface area contributed by atoms with Gasteiger partial charge in [-0.3, -0.25) is 0 Å². The Morgan fingerprint density at radius 2 is 0.544 bits per heavy atom. The molecule has 103 heavy (non-hydrogen) atoms. The average molecular weight is 1330 g/mol. The van der Waals surface area contributed by atoms with Crippen molar-refractivity contribution in [1.82, 2.24) is 9.13 Å². The molecule has 0 unspecified atom stereocenters. The van der Waals surface area contributed by atoms with E-state index in [-0.39, 0.29) is 5.82 Å². The maximum absolute atomic E-state index is 13.8. The van der Waals surface area contributed by atoms with E-state index in [2.05, 4.69) is 292 Å². The van der Waals surface area contributed by atoms with Crippen LogP contribution in [0.1, 0.15) is 0 Å². The van der Waals surface area contributed by atoms with Gasteiger partial charge in [0.15, 0.2) is 22.3 Å². The molecule has 0 aliphatic heterocycles. The third kappa shape index (κ3) is 10.1. The van der Waals surface area contributed by atoms with Crippen LogP contribution in [0.3, 0.4) is 0 Å². The first-order chi connectivity index (χ1) is 51.0. The molecule has 21 rings (SSSR count). The van der Waals surface area contributed by atoms with Crippen LogP contribution < -0.4 is 9.80 Å². The zero-order valence-corrected chi connectivity index (χ0v) is 55.4. The van der Waals surface area contributed by atoms with E-state index in [1.807, 2.05) is 72.8 Å². The molecule has 8 nitrogen and oxygen atoms in total. The zero-order chi connectivity index (χ0) is 68.1. The highest BCUT2D eigenvalue weighted by atomic mass is 19.1. The SMILES string of the molecule is Fc1ccc(-n2c3ccccc3c3cc(-c4ccc(N(c5ccccc5)c5ccc(-c6ccc7c(c6)oc6c8ccccc8oc76)cc5)cc4)ccc32)cc1.c1ccc(N(c2cccc(-c3ccc4c(c3)oc3c5ccccc5oc43)c2)c2ccc3c(c2)c2ccccc2n3-c2ccccc2)cc1. The van der Waals surface area contributed by atoms with E-state index < -0.39 is 0 Å². The molecule has 15 aromatic carbocycles. The van der Waals surface area contributed by atoms with E-state index in [4.69, 9.17) is 17.7 Å². The third-order valence-corrected chi connectivity index (χ3v) is 20.0. The van der Waals surface area contributed by atoms with Gasteiger partial charge in [-0.25, -0.2) is 4.39 Å². The molecule has 21 aromatic rings. The lowest BCUT2D eigenvalue weighted by Gasteiger charge is -2.26. The number of fused-ring (bicyclic) bond motifs is 16. The zero-order valence-electron chi connectivity index (χ0n) is 55.4. The van der Waals surface area contributed by atoms with E-state index in [1.54, 1.807) is 0 Å². The molecule has 0 spiro atoms. The Kier molecular flexibility index (Phi) is 13.9. The van der Waals surface area contributed by atoms with Crippen molar-refractivity contribution in [2.45, 2.75) is 0 Å². The van der Waals surface area contributed by atoms with Gasteiger partial charge in [-0.1, -0.05) is 170 Å². The van der Waals surface area contributed by atoms with Crippen molar-refractivity contribution in [3.63, 3.8) is 0 Å². The number of hydrogen-bond acceptors (Lipinski definition) is 6. The van der Waals surface area contributed by atoms with Gasteiger partial charge in [-0.2, -0.15) is 0 Å². The van der Waals surface area contributed by atoms with Gasteiger partial charge in [0, 0.05) is 67.0 Å². The fourth-order valence-electron chi connectivity index (χ4n) is 15.2. The van der Waals surface area contributed by atoms with E-state index >= 15 is 0 Å². The first-order valence-corrected chi connectivity index (χ1v) is 34.5. The lowest BCUT2D eigenvalue weighted by molar-refractivity contribution is 0.627. The summed E-state index contributed by atoms with van der Waals surface area (Å²) in [5.41, 5.74) is 26.2. The van der Waals surface area contributed by atoms with Gasteiger partial charge < -0.3 is 36.6 Å². The van der Waals surface area contributed by atoms with Crippen LogP contribution in [0.4, 0.5) is 38.5 Å². The second-order valence-corrected chi connectivity index (χ2v) is 26.1. The lowest BCUT2D eigenvalue weighted by Crippen LogP contribution is -2.09. The molecule has 0 amide bonds. The Bertz CT molecular complexity index is 6810. The Hall–Kier alpha value is -13.9. The monoisotopic (exact) mass is 1330 g/mol. The van der Waals surface area contributed by atoms with Gasteiger partial charge in [0.05, 0.1) is 43.6 Å². The number of anilines is 6. The molecule has 6 heterocycles. The highest BCUT2D eigenvalue weighted by molar-refractivity contribution is 6.16. The molecule has 0 atom stereocenters. The third-order valence-electron chi connectivity index (χ3n) is 20.0. The van der Waals surface area contributed by atoms with E-state index in [0.29, 0.717) is 0 Å². The summed E-state index contributed by atoms with van der Waals surface area (Å²) >= 11 is 0. The summed E-state index contributed by atoms with van der Waals surface area (Å²) in [6.45, 7) is 0. The number of halogens is 1. The maximum atomic E-state index is 13.8. The predicted molar refractivity (Wildman–Crippen MR) is 421 cm³/mol. The first-order valence-electron chi connectivity index (χ1n) is 34.5. The molecule has 486 valence electrons. The van der Waals surface area contributed by atoms with Gasteiger partial charge in [-0.15, -0.1) is 0 Å². The van der Waals surface area contributed by atoms with E-state index in [0.717, 1.165) is 167 Å². The number of aromatic nitrogens is 2. The molecule has 0 fully saturated rings. The van der Waals surface area contributed by atoms with Crippen LogP contribution >= 0.6 is 0 Å². The molecule has 0 radical (unpaired) electrons. The molecular weight excluding hydrogens is 1270 g/mol. The van der Waals surface area contributed by atoms with Gasteiger partial charge in [0.25, 0.3) is 0 Å². The van der Waals surface area contributed by atoms with Crippen molar-refractivity contribution in [1.29, 1.82) is 0 Å². The van der Waals surface area contributed by atoms with Gasteiger partial charge in [-0.05, 0) is 221 Å². The highest BCUT2D eigenvalue weighted by Crippen LogP contribution is 2.45. The predicted octanol–water partition coefficient (Wildman–Crippen LogP) is 26.9. The lowest BCUT2D eigenvalue weighted by atomic mass is 10.0. The number of para-hydroxylation sites is 7. The summed E-state index contributed by atoms with van der Waals surface area (Å²) < 4.78 is 43.4. The number of rotatable bonds is 11. The molecule has 0 aliphatic rings. The molecule has 0 aliphatic carbocycles. The van der Waals surface area contributed by atoms with Crippen LogP contribution in [0.15, 0.2) is 376 Å².